The van der Waals surface area contributed by atoms with Gasteiger partial charge in [-0.3, -0.25) is 14.0 Å². The maximum atomic E-state index is 13.6. The first-order chi connectivity index (χ1) is 15.0. The first kappa shape index (κ1) is 21.5. The van der Waals surface area contributed by atoms with Crippen molar-refractivity contribution in [3.05, 3.63) is 70.6 Å². The number of sulfonamides is 1. The van der Waals surface area contributed by atoms with Crippen LogP contribution < -0.4 is 9.62 Å². The van der Waals surface area contributed by atoms with Crippen molar-refractivity contribution >= 4 is 27.2 Å². The number of nitrogens with zero attached hydrogens (tertiary/aromatic N) is 2. The first-order valence-corrected chi connectivity index (χ1v) is 12.0. The van der Waals surface area contributed by atoms with Crippen LogP contribution in [0, 0.1) is 0 Å². The molecule has 1 N–H and O–H groups in total. The van der Waals surface area contributed by atoms with Gasteiger partial charge in [0.15, 0.2) is 4.91 Å². The smallest absolute Gasteiger partial charge is 0.270 e. The average Bonchev–Trinajstić information content (AvgIpc) is 2.79. The van der Waals surface area contributed by atoms with E-state index in [1.165, 1.54) is 4.31 Å². The molecule has 164 valence electrons. The number of hydrogen-bond acceptors (Lipinski definition) is 5. The first-order valence-electron chi connectivity index (χ1n) is 10.5. The molecule has 2 aliphatic heterocycles. The summed E-state index contributed by atoms with van der Waals surface area (Å²) in [6, 6.07) is 16.6. The molecule has 7 nitrogen and oxygen atoms in total. The predicted molar refractivity (Wildman–Crippen MR) is 121 cm³/mol. The maximum absolute atomic E-state index is 13.6. The Morgan fingerprint density at radius 3 is 2.42 bits per heavy atom. The number of morpholine rings is 1. The van der Waals surface area contributed by atoms with Crippen LogP contribution in [0.15, 0.2) is 59.5 Å². The number of anilines is 1. The van der Waals surface area contributed by atoms with Gasteiger partial charge < -0.3 is 10.1 Å². The summed E-state index contributed by atoms with van der Waals surface area (Å²) in [6.45, 7) is 6.00. The van der Waals surface area contributed by atoms with E-state index in [0.717, 1.165) is 18.7 Å². The molecular formula is C23H27N3O4S. The molecule has 0 bridgehead atoms. The van der Waals surface area contributed by atoms with Crippen LogP contribution in [0.3, 0.4) is 0 Å². The Kier molecular flexibility index (Phi) is 6.41. The minimum atomic E-state index is -4.01. The monoisotopic (exact) mass is 441 g/mol. The third kappa shape index (κ3) is 4.23. The van der Waals surface area contributed by atoms with Crippen LogP contribution in [0.1, 0.15) is 18.1 Å². The Balaban J connectivity index is 1.74. The molecule has 8 heteroatoms. The van der Waals surface area contributed by atoms with Gasteiger partial charge in [0.1, 0.15) is 0 Å². The van der Waals surface area contributed by atoms with E-state index in [0.29, 0.717) is 43.1 Å². The van der Waals surface area contributed by atoms with Crippen molar-refractivity contribution in [1.29, 1.82) is 0 Å². The van der Waals surface area contributed by atoms with Gasteiger partial charge >= 0.3 is 0 Å². The fourth-order valence-corrected chi connectivity index (χ4v) is 5.86. The minimum Gasteiger partial charge on any atom is -0.379 e. The lowest BCUT2D eigenvalue weighted by molar-refractivity contribution is -0.116. The molecule has 1 amide bonds. The van der Waals surface area contributed by atoms with Gasteiger partial charge in [0.25, 0.3) is 15.9 Å². The van der Waals surface area contributed by atoms with E-state index in [4.69, 9.17) is 4.74 Å². The van der Waals surface area contributed by atoms with Crippen molar-refractivity contribution in [2.24, 2.45) is 0 Å². The zero-order valence-corrected chi connectivity index (χ0v) is 18.4. The molecule has 2 aromatic carbocycles. The van der Waals surface area contributed by atoms with Gasteiger partial charge in [-0.15, -0.1) is 0 Å². The summed E-state index contributed by atoms with van der Waals surface area (Å²) in [5.74, 6) is -0.569. The van der Waals surface area contributed by atoms with Crippen molar-refractivity contribution < 1.29 is 17.9 Å². The second kappa shape index (κ2) is 9.21. The van der Waals surface area contributed by atoms with Gasteiger partial charge in [-0.25, -0.2) is 8.42 Å². The lowest BCUT2D eigenvalue weighted by Gasteiger charge is -2.33. The van der Waals surface area contributed by atoms with Crippen LogP contribution in [-0.2, 0) is 19.6 Å². The number of ether oxygens (including phenoxy) is 1. The van der Waals surface area contributed by atoms with Gasteiger partial charge in [0.2, 0.25) is 0 Å². The number of rotatable bonds is 6. The van der Waals surface area contributed by atoms with Crippen molar-refractivity contribution in [1.82, 2.24) is 10.2 Å². The number of amides is 1. The summed E-state index contributed by atoms with van der Waals surface area (Å²) < 4.78 is 33.8. The Hall–Kier alpha value is -2.68. The van der Waals surface area contributed by atoms with Crippen LogP contribution >= 0.6 is 0 Å². The molecule has 0 unspecified atom stereocenters. The summed E-state index contributed by atoms with van der Waals surface area (Å²) in [6.07, 6.45) is 0. The Labute approximate surface area is 183 Å². The molecule has 0 aromatic heterocycles. The molecule has 1 saturated heterocycles. The third-order valence-electron chi connectivity index (χ3n) is 5.59. The van der Waals surface area contributed by atoms with Gasteiger partial charge in [-0.05, 0) is 18.6 Å². The summed E-state index contributed by atoms with van der Waals surface area (Å²) in [5.41, 5.74) is 2.48. The summed E-state index contributed by atoms with van der Waals surface area (Å²) >= 11 is 0. The molecule has 2 aliphatic rings. The highest BCUT2D eigenvalue weighted by Gasteiger charge is 2.40. The summed E-state index contributed by atoms with van der Waals surface area (Å²) in [5, 5.41) is 2.85. The number of fused-ring (bicyclic) bond motifs is 1. The largest absolute Gasteiger partial charge is 0.379 e. The zero-order valence-electron chi connectivity index (χ0n) is 17.6. The number of para-hydroxylation sites is 1. The van der Waals surface area contributed by atoms with Crippen molar-refractivity contribution in [3.63, 3.8) is 0 Å². The topological polar surface area (TPSA) is 79.0 Å². The molecule has 4 rings (SSSR count). The summed E-state index contributed by atoms with van der Waals surface area (Å²) in [4.78, 5) is 15.3. The van der Waals surface area contributed by atoms with Crippen molar-refractivity contribution in [2.75, 3.05) is 50.2 Å². The second-order valence-electron chi connectivity index (χ2n) is 7.47. The highest BCUT2D eigenvalue weighted by Crippen LogP contribution is 2.42. The predicted octanol–water partition coefficient (Wildman–Crippen LogP) is 2.06. The van der Waals surface area contributed by atoms with E-state index >= 15 is 0 Å². The molecular weight excluding hydrogens is 414 g/mol. The molecule has 0 aliphatic carbocycles. The van der Waals surface area contributed by atoms with Crippen LogP contribution in [0.4, 0.5) is 5.69 Å². The number of carbonyl (C=O) groups is 1. The fraction of sp³-hybridized carbons (Fsp3) is 0.348. The lowest BCUT2D eigenvalue weighted by Crippen LogP contribution is -2.44. The lowest BCUT2D eigenvalue weighted by atomic mass is 9.95. The maximum Gasteiger partial charge on any atom is 0.270 e. The van der Waals surface area contributed by atoms with E-state index in [1.54, 1.807) is 13.0 Å². The van der Waals surface area contributed by atoms with Gasteiger partial charge in [0.05, 0.1) is 18.9 Å². The average molecular weight is 442 g/mol. The molecule has 2 aromatic rings. The van der Waals surface area contributed by atoms with E-state index in [2.05, 4.69) is 10.2 Å². The standard InChI is InChI=1S/C23H27N3O4S/c1-2-26-20-11-7-6-10-19(20)21(18-8-4-3-5-9-18)22(31(26,28)29)23(27)24-12-13-25-14-16-30-17-15-25/h3-11H,2,12-17H2,1H3,(H,24,27). The van der Waals surface area contributed by atoms with Crippen LogP contribution in [0.25, 0.3) is 5.57 Å². The van der Waals surface area contributed by atoms with E-state index in [-0.39, 0.29) is 11.4 Å². The number of hydrogen-bond donors (Lipinski definition) is 1. The molecule has 0 spiro atoms. The zero-order chi connectivity index (χ0) is 21.8. The Morgan fingerprint density at radius 1 is 1.03 bits per heavy atom. The van der Waals surface area contributed by atoms with Gasteiger partial charge in [0, 0.05) is 43.9 Å². The highest BCUT2D eigenvalue weighted by molar-refractivity contribution is 7.97. The molecule has 0 saturated carbocycles. The molecule has 2 heterocycles. The highest BCUT2D eigenvalue weighted by atomic mass is 32.2. The third-order valence-corrected chi connectivity index (χ3v) is 7.53. The van der Waals surface area contributed by atoms with Crippen molar-refractivity contribution in [2.45, 2.75) is 6.92 Å². The van der Waals surface area contributed by atoms with Crippen LogP contribution in [-0.4, -0.2) is 65.2 Å². The number of carbonyl (C=O) groups excluding carboxylic acids is 1. The SMILES string of the molecule is CCN1c2ccccc2C(c2ccccc2)=C(C(=O)NCCN2CCOCC2)S1(=O)=O. The van der Waals surface area contributed by atoms with Gasteiger partial charge in [-0.1, -0.05) is 48.5 Å². The second-order valence-corrected chi connectivity index (χ2v) is 9.27. The quantitative estimate of drug-likeness (QED) is 0.743. The fourth-order valence-electron chi connectivity index (χ4n) is 4.09. The minimum absolute atomic E-state index is 0.193. The molecule has 1 fully saturated rings. The van der Waals surface area contributed by atoms with E-state index < -0.39 is 15.9 Å². The van der Waals surface area contributed by atoms with E-state index in [9.17, 15) is 13.2 Å². The summed E-state index contributed by atoms with van der Waals surface area (Å²) in [7, 11) is -4.01. The normalized spacial score (nSPS) is 18.5. The molecule has 31 heavy (non-hydrogen) atoms. The number of nitrogens with one attached hydrogen (secondary N) is 1. The Bertz CT molecular complexity index is 1080. The Morgan fingerprint density at radius 2 is 1.71 bits per heavy atom. The van der Waals surface area contributed by atoms with Gasteiger partial charge in [-0.2, -0.15) is 0 Å². The number of benzene rings is 2. The van der Waals surface area contributed by atoms with Crippen LogP contribution in [0.2, 0.25) is 0 Å². The van der Waals surface area contributed by atoms with Crippen LogP contribution in [0.5, 0.6) is 0 Å². The molecule has 0 radical (unpaired) electrons. The molecule has 0 atom stereocenters. The van der Waals surface area contributed by atoms with E-state index in [1.807, 2.05) is 48.5 Å². The van der Waals surface area contributed by atoms with Crippen molar-refractivity contribution in [3.8, 4) is 0 Å².